The third-order valence-corrected chi connectivity index (χ3v) is 5.73. The zero-order chi connectivity index (χ0) is 18.5. The number of hydrogen-bond acceptors (Lipinski definition) is 3. The summed E-state index contributed by atoms with van der Waals surface area (Å²) in [5.74, 6) is -0.364. The maximum Gasteiger partial charge on any atom is 0.233 e. The topological polar surface area (TPSA) is 57.7 Å². The van der Waals surface area contributed by atoms with Crippen molar-refractivity contribution in [3.05, 3.63) is 35.9 Å². The molecular formula is C21H28N2O3. The largest absolute Gasteiger partial charge is 0.343 e. The van der Waals surface area contributed by atoms with Crippen molar-refractivity contribution < 1.29 is 14.4 Å². The summed E-state index contributed by atoms with van der Waals surface area (Å²) < 4.78 is 0. The van der Waals surface area contributed by atoms with Crippen LogP contribution in [0.3, 0.4) is 0 Å². The van der Waals surface area contributed by atoms with E-state index < -0.39 is 0 Å². The fraction of sp³-hybridized carbons (Fsp3) is 0.571. The van der Waals surface area contributed by atoms with Crippen LogP contribution in [0, 0.1) is 11.8 Å². The fourth-order valence-corrected chi connectivity index (χ4v) is 4.18. The molecule has 0 spiro atoms. The van der Waals surface area contributed by atoms with Gasteiger partial charge in [-0.2, -0.15) is 0 Å². The Morgan fingerprint density at radius 1 is 1.08 bits per heavy atom. The van der Waals surface area contributed by atoms with Crippen LogP contribution in [0.15, 0.2) is 30.3 Å². The van der Waals surface area contributed by atoms with Crippen molar-refractivity contribution >= 4 is 17.7 Å². The van der Waals surface area contributed by atoms with Crippen molar-refractivity contribution in [2.24, 2.45) is 11.8 Å². The molecule has 0 N–H and O–H groups in total. The molecule has 5 heteroatoms. The number of likely N-dealkylation sites (N-methyl/N-ethyl adjacent to an activating group) is 1. The molecular weight excluding hydrogens is 328 g/mol. The number of hydrogen-bond donors (Lipinski definition) is 0. The minimum Gasteiger partial charge on any atom is -0.343 e. The number of amides is 3. The van der Waals surface area contributed by atoms with Crippen LogP contribution in [-0.2, 0) is 20.8 Å². The van der Waals surface area contributed by atoms with Gasteiger partial charge >= 0.3 is 0 Å². The van der Waals surface area contributed by atoms with Crippen LogP contribution in [0.25, 0.3) is 0 Å². The van der Waals surface area contributed by atoms with E-state index in [0.717, 1.165) is 32.1 Å². The van der Waals surface area contributed by atoms with Gasteiger partial charge < -0.3 is 4.90 Å². The maximum atomic E-state index is 12.6. The molecule has 0 aromatic heterocycles. The molecule has 2 atom stereocenters. The lowest BCUT2D eigenvalue weighted by Crippen LogP contribution is -2.38. The lowest BCUT2D eigenvalue weighted by atomic mass is 9.81. The highest BCUT2D eigenvalue weighted by Crippen LogP contribution is 2.37. The van der Waals surface area contributed by atoms with E-state index in [9.17, 15) is 14.4 Å². The first-order valence-corrected chi connectivity index (χ1v) is 9.78. The molecule has 1 aromatic carbocycles. The third kappa shape index (κ3) is 3.97. The second-order valence-corrected chi connectivity index (χ2v) is 7.28. The van der Waals surface area contributed by atoms with Gasteiger partial charge in [0.15, 0.2) is 0 Å². The second kappa shape index (κ2) is 8.47. The summed E-state index contributed by atoms with van der Waals surface area (Å²) >= 11 is 0. The van der Waals surface area contributed by atoms with E-state index in [2.05, 4.69) is 12.1 Å². The molecule has 1 heterocycles. The number of rotatable bonds is 7. The van der Waals surface area contributed by atoms with Gasteiger partial charge in [0.1, 0.15) is 0 Å². The average Bonchev–Trinajstić information content (AvgIpc) is 2.92. The van der Waals surface area contributed by atoms with Crippen molar-refractivity contribution in [2.75, 3.05) is 19.6 Å². The minimum absolute atomic E-state index is 0.0129. The fourth-order valence-electron chi connectivity index (χ4n) is 4.18. The number of fused-ring (bicyclic) bond motifs is 1. The van der Waals surface area contributed by atoms with Crippen molar-refractivity contribution in [2.45, 2.75) is 45.4 Å². The summed E-state index contributed by atoms with van der Waals surface area (Å²) in [6, 6.07) is 10.1. The Kier molecular flexibility index (Phi) is 6.07. The molecule has 2 fully saturated rings. The summed E-state index contributed by atoms with van der Waals surface area (Å²) in [6.45, 7) is 3.49. The summed E-state index contributed by atoms with van der Waals surface area (Å²) in [5.41, 5.74) is 1.20. The number of carbonyl (C=O) groups is 3. The Morgan fingerprint density at radius 2 is 1.69 bits per heavy atom. The Hall–Kier alpha value is -2.17. The van der Waals surface area contributed by atoms with Crippen molar-refractivity contribution in [1.29, 1.82) is 0 Å². The summed E-state index contributed by atoms with van der Waals surface area (Å²) in [5, 5.41) is 0. The lowest BCUT2D eigenvalue weighted by molar-refractivity contribution is -0.140. The van der Waals surface area contributed by atoms with E-state index >= 15 is 0 Å². The Bertz CT molecular complexity index is 634. The predicted octanol–water partition coefficient (Wildman–Crippen LogP) is 2.64. The van der Waals surface area contributed by atoms with Gasteiger partial charge in [-0.15, -0.1) is 0 Å². The van der Waals surface area contributed by atoms with E-state index in [1.54, 1.807) is 0 Å². The molecule has 1 aromatic rings. The van der Waals surface area contributed by atoms with E-state index in [1.165, 1.54) is 10.5 Å². The maximum absolute atomic E-state index is 12.6. The molecule has 0 radical (unpaired) electrons. The highest BCUT2D eigenvalue weighted by molar-refractivity contribution is 6.05. The van der Waals surface area contributed by atoms with Crippen molar-refractivity contribution in [3.63, 3.8) is 0 Å². The van der Waals surface area contributed by atoms with E-state index in [0.29, 0.717) is 13.1 Å². The van der Waals surface area contributed by atoms with Gasteiger partial charge in [-0.05, 0) is 31.7 Å². The van der Waals surface area contributed by atoms with Gasteiger partial charge in [-0.1, -0.05) is 43.2 Å². The molecule has 1 saturated carbocycles. The van der Waals surface area contributed by atoms with Gasteiger partial charge in [0.05, 0.1) is 11.8 Å². The Balaban J connectivity index is 1.52. The molecule has 1 aliphatic heterocycles. The van der Waals surface area contributed by atoms with Crippen molar-refractivity contribution in [1.82, 2.24) is 9.80 Å². The van der Waals surface area contributed by atoms with Gasteiger partial charge in [0, 0.05) is 26.1 Å². The highest BCUT2D eigenvalue weighted by atomic mass is 16.2. The van der Waals surface area contributed by atoms with Crippen LogP contribution in [0.2, 0.25) is 0 Å². The van der Waals surface area contributed by atoms with Gasteiger partial charge in [0.2, 0.25) is 17.7 Å². The summed E-state index contributed by atoms with van der Waals surface area (Å²) in [7, 11) is 0. The highest BCUT2D eigenvalue weighted by Gasteiger charge is 2.47. The van der Waals surface area contributed by atoms with Crippen LogP contribution in [0.1, 0.15) is 44.6 Å². The number of nitrogens with zero attached hydrogens (tertiary/aromatic N) is 2. The van der Waals surface area contributed by atoms with E-state index in [-0.39, 0.29) is 42.5 Å². The van der Waals surface area contributed by atoms with E-state index in [4.69, 9.17) is 0 Å². The molecule has 1 aliphatic carbocycles. The molecule has 1 saturated heterocycles. The van der Waals surface area contributed by atoms with Gasteiger partial charge in [-0.25, -0.2) is 0 Å². The first kappa shape index (κ1) is 18.6. The average molecular weight is 356 g/mol. The molecule has 140 valence electrons. The summed E-state index contributed by atoms with van der Waals surface area (Å²) in [4.78, 5) is 40.7. The smallest absolute Gasteiger partial charge is 0.233 e. The van der Waals surface area contributed by atoms with Crippen LogP contribution in [-0.4, -0.2) is 47.2 Å². The van der Waals surface area contributed by atoms with Crippen LogP contribution in [0.5, 0.6) is 0 Å². The monoisotopic (exact) mass is 356 g/mol. The van der Waals surface area contributed by atoms with Crippen LogP contribution in [0.4, 0.5) is 0 Å². The zero-order valence-corrected chi connectivity index (χ0v) is 15.5. The van der Waals surface area contributed by atoms with Crippen LogP contribution >= 0.6 is 0 Å². The minimum atomic E-state index is -0.133. The molecule has 26 heavy (non-hydrogen) atoms. The molecule has 0 bridgehead atoms. The first-order chi connectivity index (χ1) is 12.6. The standard InChI is InChI=1S/C21H28N2O3/c1-2-22(14-12-16-8-4-3-5-9-16)19(24)13-15-23-20(25)17-10-6-7-11-18(17)21(23)26/h3-5,8-9,17-18H,2,6-7,10-15H2,1H3. The van der Waals surface area contributed by atoms with Gasteiger partial charge in [-0.3, -0.25) is 19.3 Å². The number of carbonyl (C=O) groups excluding carboxylic acids is 3. The predicted molar refractivity (Wildman–Crippen MR) is 99.2 cm³/mol. The molecule has 2 aliphatic rings. The zero-order valence-electron chi connectivity index (χ0n) is 15.5. The number of likely N-dealkylation sites (tertiary alicyclic amines) is 1. The van der Waals surface area contributed by atoms with Crippen LogP contribution < -0.4 is 0 Å². The molecule has 3 rings (SSSR count). The second-order valence-electron chi connectivity index (χ2n) is 7.28. The summed E-state index contributed by atoms with van der Waals surface area (Å²) in [6.07, 6.45) is 4.72. The number of imide groups is 1. The van der Waals surface area contributed by atoms with Gasteiger partial charge in [0.25, 0.3) is 0 Å². The Morgan fingerprint density at radius 3 is 2.27 bits per heavy atom. The molecule has 3 amide bonds. The lowest BCUT2D eigenvalue weighted by Gasteiger charge is -2.22. The van der Waals surface area contributed by atoms with E-state index in [1.807, 2.05) is 30.0 Å². The molecule has 2 unspecified atom stereocenters. The third-order valence-electron chi connectivity index (χ3n) is 5.73. The normalized spacial score (nSPS) is 22.4. The molecule has 5 nitrogen and oxygen atoms in total. The van der Waals surface area contributed by atoms with Crippen molar-refractivity contribution in [3.8, 4) is 0 Å². The first-order valence-electron chi connectivity index (χ1n) is 9.78. The quantitative estimate of drug-likeness (QED) is 0.706. The Labute approximate surface area is 155 Å². The SMILES string of the molecule is CCN(CCc1ccccc1)C(=O)CCN1C(=O)C2CCCCC2C1=O. The number of benzene rings is 1.